The molecule has 1 unspecified atom stereocenters. The molecule has 0 saturated carbocycles. The lowest BCUT2D eigenvalue weighted by atomic mass is 10.1. The van der Waals surface area contributed by atoms with Crippen LogP contribution in [0.5, 0.6) is 5.75 Å². The van der Waals surface area contributed by atoms with E-state index in [0.29, 0.717) is 31.4 Å². The van der Waals surface area contributed by atoms with Gasteiger partial charge in [-0.25, -0.2) is 4.68 Å². The van der Waals surface area contributed by atoms with Crippen molar-refractivity contribution < 1.29 is 9.53 Å². The second-order valence-electron chi connectivity index (χ2n) is 7.07. The van der Waals surface area contributed by atoms with E-state index in [4.69, 9.17) is 10.5 Å². The fraction of sp³-hybridized carbons (Fsp3) is 0.348. The van der Waals surface area contributed by atoms with Crippen LogP contribution in [0.2, 0.25) is 0 Å². The van der Waals surface area contributed by atoms with Crippen LogP contribution in [0.25, 0.3) is 10.8 Å². The van der Waals surface area contributed by atoms with Crippen LogP contribution in [0.15, 0.2) is 59.5 Å². The molecule has 0 spiro atoms. The number of fused-ring (bicyclic) bond motifs is 1. The third-order valence-electron chi connectivity index (χ3n) is 4.73. The second kappa shape index (κ2) is 10.8. The summed E-state index contributed by atoms with van der Waals surface area (Å²) in [5.74, 6) is 1.41. The molecular weight excluding hydrogens is 398 g/mol. The molecule has 2 aromatic carbocycles. The van der Waals surface area contributed by atoms with Gasteiger partial charge in [-0.3, -0.25) is 9.59 Å². The van der Waals surface area contributed by atoms with Crippen LogP contribution in [0.4, 0.5) is 0 Å². The number of aryl methyl sites for hydroxylation is 1. The zero-order chi connectivity index (χ0) is 21.3. The van der Waals surface area contributed by atoms with Crippen molar-refractivity contribution in [2.45, 2.75) is 38.0 Å². The summed E-state index contributed by atoms with van der Waals surface area (Å²) in [5.41, 5.74) is 6.49. The Morgan fingerprint density at radius 3 is 2.70 bits per heavy atom. The van der Waals surface area contributed by atoms with E-state index >= 15 is 0 Å². The highest BCUT2D eigenvalue weighted by molar-refractivity contribution is 8.00. The summed E-state index contributed by atoms with van der Waals surface area (Å²) in [4.78, 5) is 24.1. The quantitative estimate of drug-likeness (QED) is 0.476. The second-order valence-corrected chi connectivity index (χ2v) is 8.38. The van der Waals surface area contributed by atoms with E-state index in [9.17, 15) is 9.59 Å². The number of hydrogen-bond donors (Lipinski definition) is 1. The van der Waals surface area contributed by atoms with E-state index in [1.165, 1.54) is 4.68 Å². The van der Waals surface area contributed by atoms with Crippen LogP contribution >= 0.6 is 11.8 Å². The van der Waals surface area contributed by atoms with E-state index in [0.717, 1.165) is 28.9 Å². The number of rotatable bonds is 11. The van der Waals surface area contributed by atoms with E-state index in [1.54, 1.807) is 18.0 Å². The number of thioether (sulfide) groups is 1. The van der Waals surface area contributed by atoms with Crippen LogP contribution in [0, 0.1) is 0 Å². The molecule has 0 saturated heterocycles. The minimum atomic E-state index is -0.272. The number of amides is 1. The highest BCUT2D eigenvalue weighted by atomic mass is 32.2. The Labute approximate surface area is 180 Å². The molecule has 0 aliphatic carbocycles. The van der Waals surface area contributed by atoms with Crippen molar-refractivity contribution in [3.63, 3.8) is 0 Å². The van der Waals surface area contributed by atoms with Gasteiger partial charge in [-0.05, 0) is 42.4 Å². The van der Waals surface area contributed by atoms with Crippen molar-refractivity contribution in [2.75, 3.05) is 12.4 Å². The first-order chi connectivity index (χ1) is 14.6. The maximum atomic E-state index is 12.5. The highest BCUT2D eigenvalue weighted by Crippen LogP contribution is 2.20. The maximum absolute atomic E-state index is 12.5. The molecule has 0 fully saturated rings. The first-order valence-electron chi connectivity index (χ1n) is 10.2. The van der Waals surface area contributed by atoms with Crippen LogP contribution in [-0.4, -0.2) is 33.3 Å². The van der Waals surface area contributed by atoms with Gasteiger partial charge >= 0.3 is 0 Å². The number of hydrogen-bond acceptors (Lipinski definition) is 5. The summed E-state index contributed by atoms with van der Waals surface area (Å²) in [6, 6.07) is 15.2. The molecule has 0 aliphatic rings. The van der Waals surface area contributed by atoms with Crippen molar-refractivity contribution in [1.29, 1.82) is 0 Å². The van der Waals surface area contributed by atoms with E-state index < -0.39 is 0 Å². The molecule has 0 bridgehead atoms. The molecular formula is C23H27N3O3S. The Hall–Kier alpha value is -2.80. The zero-order valence-electron chi connectivity index (χ0n) is 17.1. The summed E-state index contributed by atoms with van der Waals surface area (Å²) < 4.78 is 7.27. The number of benzene rings is 2. The Morgan fingerprint density at radius 2 is 1.97 bits per heavy atom. The van der Waals surface area contributed by atoms with E-state index in [-0.39, 0.29) is 16.7 Å². The van der Waals surface area contributed by atoms with Gasteiger partial charge in [-0.1, -0.05) is 37.3 Å². The van der Waals surface area contributed by atoms with Gasteiger partial charge in [0.05, 0.1) is 23.4 Å². The van der Waals surface area contributed by atoms with Gasteiger partial charge in [-0.2, -0.15) is 5.10 Å². The first kappa shape index (κ1) is 21.9. The lowest BCUT2D eigenvalue weighted by molar-refractivity contribution is -0.117. The molecule has 7 heteroatoms. The summed E-state index contributed by atoms with van der Waals surface area (Å²) >= 11 is 1.61. The molecule has 30 heavy (non-hydrogen) atoms. The molecule has 0 radical (unpaired) electrons. The minimum Gasteiger partial charge on any atom is -0.494 e. The van der Waals surface area contributed by atoms with Crippen LogP contribution < -0.4 is 16.0 Å². The Bertz CT molecular complexity index is 1030. The number of ether oxygens (including phenoxy) is 1. The van der Waals surface area contributed by atoms with Crippen LogP contribution in [0.1, 0.15) is 25.3 Å². The van der Waals surface area contributed by atoms with Crippen molar-refractivity contribution in [2.24, 2.45) is 5.73 Å². The summed E-state index contributed by atoms with van der Waals surface area (Å²) in [7, 11) is 0. The Morgan fingerprint density at radius 1 is 1.20 bits per heavy atom. The Kier molecular flexibility index (Phi) is 7.90. The highest BCUT2D eigenvalue weighted by Gasteiger charge is 2.16. The molecule has 158 valence electrons. The molecule has 3 rings (SSSR count). The van der Waals surface area contributed by atoms with Crippen molar-refractivity contribution in [1.82, 2.24) is 9.78 Å². The molecule has 1 atom stereocenters. The van der Waals surface area contributed by atoms with Crippen molar-refractivity contribution >= 4 is 28.4 Å². The Balaban J connectivity index is 1.49. The predicted molar refractivity (Wildman–Crippen MR) is 122 cm³/mol. The third-order valence-corrected chi connectivity index (χ3v) is 6.18. The number of nitrogens with two attached hydrogens (primary N) is 1. The third kappa shape index (κ3) is 5.86. The summed E-state index contributed by atoms with van der Waals surface area (Å²) in [5, 5.41) is 5.56. The number of primary amides is 1. The standard InChI is InChI=1S/C23H27N3O3S/c1-2-14-30-21(22(24)27)15-17-8-10-19(11-9-17)29-13-5-12-26-23(28)20-7-4-3-6-18(20)16-25-26/h3-4,6-11,16,21H,2,5,12-15H2,1H3,(H2,24,27). The van der Waals surface area contributed by atoms with Crippen molar-refractivity contribution in [3.05, 3.63) is 70.6 Å². The number of nitrogens with zero attached hydrogens (tertiary/aromatic N) is 2. The fourth-order valence-electron chi connectivity index (χ4n) is 3.13. The average Bonchev–Trinajstić information content (AvgIpc) is 2.76. The topological polar surface area (TPSA) is 87.2 Å². The predicted octanol–water partition coefficient (Wildman–Crippen LogP) is 3.41. The first-order valence-corrected chi connectivity index (χ1v) is 11.2. The maximum Gasteiger partial charge on any atom is 0.274 e. The van der Waals surface area contributed by atoms with Crippen LogP contribution in [-0.2, 0) is 17.8 Å². The zero-order valence-corrected chi connectivity index (χ0v) is 17.9. The van der Waals surface area contributed by atoms with Crippen molar-refractivity contribution in [3.8, 4) is 5.75 Å². The molecule has 1 heterocycles. The number of aromatic nitrogens is 2. The normalized spacial score (nSPS) is 12.0. The summed E-state index contributed by atoms with van der Waals surface area (Å²) in [6.07, 6.45) is 4.03. The van der Waals surface area contributed by atoms with Gasteiger partial charge in [0.1, 0.15) is 5.75 Å². The molecule has 1 aromatic heterocycles. The van der Waals surface area contributed by atoms with Gasteiger partial charge in [-0.15, -0.1) is 11.8 Å². The van der Waals surface area contributed by atoms with E-state index in [1.807, 2.05) is 48.5 Å². The monoisotopic (exact) mass is 425 g/mol. The largest absolute Gasteiger partial charge is 0.494 e. The van der Waals surface area contributed by atoms with Gasteiger partial charge in [0.2, 0.25) is 5.91 Å². The summed E-state index contributed by atoms with van der Waals surface area (Å²) in [6.45, 7) is 3.07. The van der Waals surface area contributed by atoms with Crippen LogP contribution in [0.3, 0.4) is 0 Å². The number of carbonyl (C=O) groups is 1. The molecule has 6 nitrogen and oxygen atoms in total. The molecule has 1 amide bonds. The average molecular weight is 426 g/mol. The van der Waals surface area contributed by atoms with Gasteiger partial charge in [0.15, 0.2) is 0 Å². The fourth-order valence-corrected chi connectivity index (χ4v) is 4.12. The SMILES string of the molecule is CCCSC(Cc1ccc(OCCCn2ncc3ccccc3c2=O)cc1)C(N)=O. The lowest BCUT2D eigenvalue weighted by Gasteiger charge is -2.13. The molecule has 3 aromatic rings. The van der Waals surface area contributed by atoms with Gasteiger partial charge < -0.3 is 10.5 Å². The molecule has 2 N–H and O–H groups in total. The lowest BCUT2D eigenvalue weighted by Crippen LogP contribution is -2.28. The van der Waals surface area contributed by atoms with E-state index in [2.05, 4.69) is 12.0 Å². The number of carbonyl (C=O) groups excluding carboxylic acids is 1. The van der Waals surface area contributed by atoms with Gasteiger partial charge in [0.25, 0.3) is 5.56 Å². The molecule has 0 aliphatic heterocycles. The minimum absolute atomic E-state index is 0.0811. The smallest absolute Gasteiger partial charge is 0.274 e. The van der Waals surface area contributed by atoms with Gasteiger partial charge in [0, 0.05) is 18.4 Å².